The molecule has 2 aliphatic rings. The number of halogens is 5. The Bertz CT molecular complexity index is 2760. The van der Waals surface area contributed by atoms with Crippen LogP contribution in [-0.2, 0) is 37.1 Å². The highest BCUT2D eigenvalue weighted by atomic mass is 32.2. The van der Waals surface area contributed by atoms with Crippen LogP contribution in [0.25, 0.3) is 0 Å². The predicted octanol–water partition coefficient (Wildman–Crippen LogP) is 3.83. The molecule has 2 unspecified atom stereocenters. The number of carboxylic acid groups (broad SMARTS) is 2. The molecule has 0 fully saturated rings. The summed E-state index contributed by atoms with van der Waals surface area (Å²) in [6.07, 6.45) is 6.22. The average molecular weight is 1010 g/mol. The normalized spacial score (nSPS) is 15.2. The van der Waals surface area contributed by atoms with E-state index >= 15 is 0 Å². The molecule has 4 aromatic rings. The van der Waals surface area contributed by atoms with Gasteiger partial charge in [0.15, 0.2) is 19.8 Å². The monoisotopic (exact) mass is 1010 g/mol. The van der Waals surface area contributed by atoms with Gasteiger partial charge >= 0.3 is 31.2 Å². The van der Waals surface area contributed by atoms with Crippen LogP contribution in [0.3, 0.4) is 0 Å². The van der Waals surface area contributed by atoms with E-state index in [0.29, 0.717) is 22.3 Å². The van der Waals surface area contributed by atoms with Crippen LogP contribution in [0.5, 0.6) is 17.5 Å². The largest absolute Gasteiger partial charge is 0.481 e. The number of benzene rings is 2. The lowest BCUT2D eigenvalue weighted by Crippen LogP contribution is -2.39. The van der Waals surface area contributed by atoms with Crippen molar-refractivity contribution >= 4 is 70.1 Å². The summed E-state index contributed by atoms with van der Waals surface area (Å²) >= 11 is 1.24. The number of amides is 3. The van der Waals surface area contributed by atoms with Gasteiger partial charge < -0.3 is 39.6 Å². The Kier molecular flexibility index (Phi) is 17.5. The number of sulfonamides is 1. The van der Waals surface area contributed by atoms with Gasteiger partial charge in [0.25, 0.3) is 15.9 Å². The summed E-state index contributed by atoms with van der Waals surface area (Å²) in [7, 11) is -7.82. The summed E-state index contributed by atoms with van der Waals surface area (Å²) in [4.78, 5) is 66.3. The van der Waals surface area contributed by atoms with Gasteiger partial charge in [-0.05, 0) is 30.0 Å². The fraction of sp³-hybridized carbons (Fsp3) is 0.351. The van der Waals surface area contributed by atoms with Gasteiger partial charge in [0, 0.05) is 43.4 Å². The second kappa shape index (κ2) is 22.2. The van der Waals surface area contributed by atoms with Crippen LogP contribution in [0.4, 0.5) is 44.1 Å². The number of ether oxygens (including phenoxy) is 3. The highest BCUT2D eigenvalue weighted by molar-refractivity contribution is 7.90. The molecule has 0 aliphatic carbocycles. The molecule has 2 atom stereocenters. The number of hydrogen-bond acceptors (Lipinski definition) is 16. The van der Waals surface area contributed by atoms with Crippen molar-refractivity contribution in [3.8, 4) is 29.9 Å². The van der Waals surface area contributed by atoms with E-state index in [1.165, 1.54) is 52.1 Å². The summed E-state index contributed by atoms with van der Waals surface area (Å²) in [5.74, 6) is -2.67. The topological polar surface area (TPSA) is 317 Å². The Balaban J connectivity index is 0.000000241. The number of urea groups is 1. The molecule has 0 saturated heterocycles. The molecule has 7 N–H and O–H groups in total. The number of aromatic nitrogens is 4. The molecule has 2 aliphatic heterocycles. The summed E-state index contributed by atoms with van der Waals surface area (Å²) in [6.45, 7) is -0.581. The number of rotatable bonds is 14. The zero-order valence-electron chi connectivity index (χ0n) is 34.9. The van der Waals surface area contributed by atoms with Crippen molar-refractivity contribution in [3.05, 3.63) is 64.5 Å². The molecule has 67 heavy (non-hydrogen) atoms. The minimum absolute atomic E-state index is 0.0412. The van der Waals surface area contributed by atoms with Gasteiger partial charge in [0.05, 0.1) is 23.9 Å². The first-order chi connectivity index (χ1) is 31.2. The number of fused-ring (bicyclic) bond motifs is 2. The van der Waals surface area contributed by atoms with E-state index in [0.717, 1.165) is 30.9 Å². The minimum Gasteiger partial charge on any atom is -0.481 e. The van der Waals surface area contributed by atoms with Crippen molar-refractivity contribution in [2.24, 2.45) is 16.1 Å². The number of terminal acetylenes is 1. The van der Waals surface area contributed by atoms with E-state index in [9.17, 15) is 54.1 Å². The number of nitrogens with one attached hydrogen (secondary N) is 2. The molecule has 22 nitrogen and oxygen atoms in total. The first-order valence-corrected chi connectivity index (χ1v) is 23.3. The standard InChI is InChI=1S/C18H17FN4O2S.C14H10F4N4O7S.C5H12NO4P/c1-4-5-22-13-7-12(11(19)6-14(13)25-9-16(22)24)20-17-23-10-18(2,3)8-15(23)21-26-17;15-11(16)28-8-5-9(29-12(17)18)20-13(19-8)21-14(25)22-30(26,27)7-4-2-1-3-6(7)10(23)24;1-11(9,10)3-2-4(6)5(7)8/h1,6-7H,5,8-10H2,2-3H3;1-5,11-12H,(H,23,24)(H2,19,20,21,22,25);4H,2-3,6H2,1H3,(H,7,8)(H,9,10)/b20-17-;;. The number of carboxylic acids is 2. The number of nitrogens with zero attached hydrogens (tertiary/aromatic N) is 6. The first-order valence-electron chi connectivity index (χ1n) is 18.7. The number of anilines is 2. The molecule has 0 saturated carbocycles. The van der Waals surface area contributed by atoms with E-state index in [1.807, 2.05) is 4.57 Å². The Morgan fingerprint density at radius 1 is 1.10 bits per heavy atom. The van der Waals surface area contributed by atoms with Crippen LogP contribution < -0.4 is 39.7 Å². The number of nitrogens with two attached hydrogens (primary N) is 1. The van der Waals surface area contributed by atoms with Gasteiger partial charge in [-0.1, -0.05) is 31.9 Å². The quantitative estimate of drug-likeness (QED) is 0.0594. The van der Waals surface area contributed by atoms with E-state index in [1.54, 1.807) is 5.32 Å². The second-order valence-corrected chi connectivity index (χ2v) is 19.6. The summed E-state index contributed by atoms with van der Waals surface area (Å²) in [6, 6.07) is 4.95. The zero-order valence-corrected chi connectivity index (χ0v) is 37.5. The van der Waals surface area contributed by atoms with Crippen LogP contribution >= 0.6 is 18.9 Å². The molecule has 2 aromatic carbocycles. The van der Waals surface area contributed by atoms with Crippen molar-refractivity contribution in [2.75, 3.05) is 36.2 Å². The maximum absolute atomic E-state index is 14.5. The minimum atomic E-state index is -4.71. The lowest BCUT2D eigenvalue weighted by Gasteiger charge is -2.28. The van der Waals surface area contributed by atoms with Crippen LogP contribution in [0.15, 0.2) is 52.4 Å². The van der Waals surface area contributed by atoms with Gasteiger partial charge in [-0.3, -0.25) is 24.4 Å². The first kappa shape index (κ1) is 52.9. The van der Waals surface area contributed by atoms with Gasteiger partial charge in [-0.2, -0.15) is 31.9 Å². The number of alkyl halides is 4. The van der Waals surface area contributed by atoms with E-state index < -0.39 is 88.6 Å². The van der Waals surface area contributed by atoms with Crippen LogP contribution in [0, 0.1) is 23.6 Å². The maximum atomic E-state index is 14.5. The van der Waals surface area contributed by atoms with Crippen molar-refractivity contribution in [2.45, 2.75) is 57.4 Å². The Morgan fingerprint density at radius 3 is 2.30 bits per heavy atom. The van der Waals surface area contributed by atoms with E-state index in [4.69, 9.17) is 32.0 Å². The summed E-state index contributed by atoms with van der Waals surface area (Å²) in [5.41, 5.74) is 5.13. The number of hydrogen-bond donors (Lipinski definition) is 6. The average Bonchev–Trinajstić information content (AvgIpc) is 3.72. The van der Waals surface area contributed by atoms with Gasteiger partial charge in [-0.15, -0.1) is 6.42 Å². The van der Waals surface area contributed by atoms with Gasteiger partial charge in [0.2, 0.25) is 22.5 Å². The van der Waals surface area contributed by atoms with Crippen LogP contribution in [0.1, 0.15) is 36.5 Å². The number of carbonyl (C=O) groups excluding carboxylic acids is 2. The Morgan fingerprint density at radius 2 is 1.73 bits per heavy atom. The maximum Gasteiger partial charge on any atom is 0.388 e. The lowest BCUT2D eigenvalue weighted by atomic mass is 9.92. The smallest absolute Gasteiger partial charge is 0.388 e. The molecule has 2 aromatic heterocycles. The Hall–Kier alpha value is -6.73. The van der Waals surface area contributed by atoms with Crippen molar-refractivity contribution in [1.82, 2.24) is 23.6 Å². The summed E-state index contributed by atoms with van der Waals surface area (Å²) in [5, 5.41) is 19.0. The molecule has 30 heteroatoms. The molecule has 3 amide bonds. The molecule has 0 radical (unpaired) electrons. The van der Waals surface area contributed by atoms with Gasteiger partial charge in [-0.25, -0.2) is 32.1 Å². The highest BCUT2D eigenvalue weighted by Crippen LogP contribution is 2.38. The van der Waals surface area contributed by atoms with Crippen molar-refractivity contribution < 1.29 is 83.4 Å². The third-order valence-corrected chi connectivity index (χ3v) is 11.8. The van der Waals surface area contributed by atoms with E-state index in [2.05, 4.69) is 48.6 Å². The molecular formula is C37H39F5N9O13PS2. The van der Waals surface area contributed by atoms with Crippen molar-refractivity contribution in [1.29, 1.82) is 0 Å². The van der Waals surface area contributed by atoms with Crippen LogP contribution in [0.2, 0.25) is 0 Å². The fourth-order valence-corrected chi connectivity index (χ4v) is 8.32. The Labute approximate surface area is 380 Å². The number of aromatic carboxylic acids is 1. The summed E-state index contributed by atoms with van der Waals surface area (Å²) < 4.78 is 120. The lowest BCUT2D eigenvalue weighted by molar-refractivity contribution is -0.138. The van der Waals surface area contributed by atoms with E-state index in [-0.39, 0.29) is 42.7 Å². The highest BCUT2D eigenvalue weighted by Gasteiger charge is 2.32. The molecule has 0 bridgehead atoms. The third kappa shape index (κ3) is 15.4. The predicted molar refractivity (Wildman–Crippen MR) is 225 cm³/mol. The van der Waals surface area contributed by atoms with Gasteiger partial charge in [0.1, 0.15) is 28.2 Å². The van der Waals surface area contributed by atoms with Crippen molar-refractivity contribution in [3.63, 3.8) is 0 Å². The second-order valence-electron chi connectivity index (χ2n) is 14.7. The SMILES string of the molecule is C#CCN1C(=O)COc2cc(F)c(/N=c3\snc4n3CC(C)(C)C4)cc21.CP(=O)(O)CCC(N)C(=O)O.O=C(Nc1nc(OC(F)F)cc(OC(F)F)n1)NS(=O)(=O)c1ccccc1C(=O)O. The third-order valence-electron chi connectivity index (χ3n) is 8.57. The molecular weight excluding hydrogens is 969 g/mol. The number of aliphatic carboxylic acids is 1. The molecule has 362 valence electrons. The zero-order chi connectivity index (χ0) is 50.0. The molecule has 6 rings (SSSR count). The fourth-order valence-electron chi connectivity index (χ4n) is 5.69. The number of carbonyl (C=O) groups is 4. The molecule has 0 spiro atoms. The molecule has 4 heterocycles. The van der Waals surface area contributed by atoms with Crippen LogP contribution in [-0.4, -0.2) is 112 Å².